The lowest BCUT2D eigenvalue weighted by Gasteiger charge is -2.26. The van der Waals surface area contributed by atoms with Crippen LogP contribution in [0.3, 0.4) is 0 Å². The Labute approximate surface area is 77.2 Å². The van der Waals surface area contributed by atoms with Crippen molar-refractivity contribution in [3.63, 3.8) is 0 Å². The van der Waals surface area contributed by atoms with Crippen molar-refractivity contribution < 1.29 is 5.11 Å². The Balaban J connectivity index is 2.30. The molecule has 0 aliphatic heterocycles. The number of hydrogen-bond donors (Lipinski definition) is 1. The molecule has 0 atom stereocenters. The van der Waals surface area contributed by atoms with Gasteiger partial charge >= 0.3 is 0 Å². The van der Waals surface area contributed by atoms with Crippen molar-refractivity contribution in [3.8, 4) is 0 Å². The highest BCUT2D eigenvalue weighted by Crippen LogP contribution is 2.34. The minimum absolute atomic E-state index is 0.264. The predicted molar refractivity (Wildman–Crippen MR) is 56.2 cm³/mol. The standard InChI is InChI=1S/C10H22OSi/c1-12(2,3)9-8-10(11)6-4-5-7-10/h11H,4-9H2,1-3H3. The van der Waals surface area contributed by atoms with Gasteiger partial charge in [-0.1, -0.05) is 38.5 Å². The van der Waals surface area contributed by atoms with Gasteiger partial charge in [-0.25, -0.2) is 0 Å². The van der Waals surface area contributed by atoms with Gasteiger partial charge in [-0.15, -0.1) is 0 Å². The predicted octanol–water partition coefficient (Wildman–Crippen LogP) is 3.02. The van der Waals surface area contributed by atoms with E-state index in [1.165, 1.54) is 18.9 Å². The fourth-order valence-corrected chi connectivity index (χ4v) is 3.11. The second kappa shape index (κ2) is 3.50. The minimum atomic E-state index is -0.932. The van der Waals surface area contributed by atoms with Crippen LogP contribution in [0.5, 0.6) is 0 Å². The molecule has 1 saturated carbocycles. The highest BCUT2D eigenvalue weighted by molar-refractivity contribution is 6.76. The summed E-state index contributed by atoms with van der Waals surface area (Å²) in [4.78, 5) is 0. The lowest BCUT2D eigenvalue weighted by Crippen LogP contribution is -2.29. The van der Waals surface area contributed by atoms with Crippen molar-refractivity contribution in [2.75, 3.05) is 0 Å². The summed E-state index contributed by atoms with van der Waals surface area (Å²) in [6.45, 7) is 7.14. The van der Waals surface area contributed by atoms with Crippen molar-refractivity contribution in [2.45, 2.75) is 63.4 Å². The molecule has 0 unspecified atom stereocenters. The van der Waals surface area contributed by atoms with E-state index in [-0.39, 0.29) is 5.60 Å². The molecule has 1 N–H and O–H groups in total. The molecule has 1 rings (SSSR count). The third kappa shape index (κ3) is 3.28. The first kappa shape index (κ1) is 10.3. The molecule has 1 aliphatic rings. The first-order chi connectivity index (χ1) is 5.41. The maximum Gasteiger partial charge on any atom is 0.0645 e. The molecule has 0 spiro atoms. The van der Waals surface area contributed by atoms with E-state index in [4.69, 9.17) is 0 Å². The zero-order chi connectivity index (χ0) is 9.24. The summed E-state index contributed by atoms with van der Waals surface area (Å²) in [7, 11) is -0.932. The Bertz CT molecular complexity index is 142. The summed E-state index contributed by atoms with van der Waals surface area (Å²) in [6, 6.07) is 1.28. The van der Waals surface area contributed by atoms with Crippen LogP contribution in [0.4, 0.5) is 0 Å². The van der Waals surface area contributed by atoms with Crippen LogP contribution < -0.4 is 0 Å². The van der Waals surface area contributed by atoms with Gasteiger partial charge < -0.3 is 5.11 Å². The van der Waals surface area contributed by atoms with Gasteiger partial charge in [0.15, 0.2) is 0 Å². The molecule has 0 amide bonds. The molecule has 1 nitrogen and oxygen atoms in total. The van der Waals surface area contributed by atoms with Gasteiger partial charge in [0, 0.05) is 8.07 Å². The highest BCUT2D eigenvalue weighted by atomic mass is 28.3. The smallest absolute Gasteiger partial charge is 0.0645 e. The molecule has 1 aliphatic carbocycles. The van der Waals surface area contributed by atoms with E-state index in [0.29, 0.717) is 0 Å². The Morgan fingerprint density at radius 3 is 2.08 bits per heavy atom. The normalized spacial score (nSPS) is 23.0. The molecule has 0 radical (unpaired) electrons. The highest BCUT2D eigenvalue weighted by Gasteiger charge is 2.32. The minimum Gasteiger partial charge on any atom is -0.390 e. The SMILES string of the molecule is C[Si](C)(C)CCC1(O)CCCC1. The van der Waals surface area contributed by atoms with Crippen LogP contribution in [-0.2, 0) is 0 Å². The van der Waals surface area contributed by atoms with E-state index in [9.17, 15) is 5.11 Å². The van der Waals surface area contributed by atoms with Gasteiger partial charge in [0.1, 0.15) is 0 Å². The molecule has 2 heteroatoms. The van der Waals surface area contributed by atoms with Crippen LogP contribution in [0.2, 0.25) is 25.7 Å². The Morgan fingerprint density at radius 2 is 1.67 bits per heavy atom. The summed E-state index contributed by atoms with van der Waals surface area (Å²) in [5, 5.41) is 10.1. The average Bonchev–Trinajstić information content (AvgIpc) is 2.32. The molecule has 0 aromatic carbocycles. The van der Waals surface area contributed by atoms with Gasteiger partial charge in [-0.05, 0) is 19.3 Å². The molecular weight excluding hydrogens is 164 g/mol. The quantitative estimate of drug-likeness (QED) is 0.672. The molecule has 0 saturated heterocycles. The lowest BCUT2D eigenvalue weighted by atomic mass is 10.00. The largest absolute Gasteiger partial charge is 0.390 e. The maximum atomic E-state index is 10.1. The zero-order valence-electron chi connectivity index (χ0n) is 8.69. The van der Waals surface area contributed by atoms with Crippen molar-refractivity contribution >= 4 is 8.07 Å². The molecule has 72 valence electrons. The second-order valence-corrected chi connectivity index (χ2v) is 11.1. The zero-order valence-corrected chi connectivity index (χ0v) is 9.69. The third-order valence-electron chi connectivity index (χ3n) is 2.87. The molecule has 0 bridgehead atoms. The number of hydrogen-bond acceptors (Lipinski definition) is 1. The van der Waals surface area contributed by atoms with Crippen LogP contribution in [0.15, 0.2) is 0 Å². The summed E-state index contributed by atoms with van der Waals surface area (Å²) in [5.41, 5.74) is -0.264. The average molecular weight is 186 g/mol. The number of rotatable bonds is 3. The van der Waals surface area contributed by atoms with Gasteiger partial charge in [-0.2, -0.15) is 0 Å². The van der Waals surface area contributed by atoms with Gasteiger partial charge in [-0.3, -0.25) is 0 Å². The first-order valence-corrected chi connectivity index (χ1v) is 8.84. The van der Waals surface area contributed by atoms with Crippen LogP contribution in [0, 0.1) is 0 Å². The Hall–Kier alpha value is 0.177. The molecule has 12 heavy (non-hydrogen) atoms. The van der Waals surface area contributed by atoms with Crippen molar-refractivity contribution in [1.82, 2.24) is 0 Å². The van der Waals surface area contributed by atoms with Crippen LogP contribution >= 0.6 is 0 Å². The topological polar surface area (TPSA) is 20.2 Å². The van der Waals surface area contributed by atoms with Crippen LogP contribution in [0.25, 0.3) is 0 Å². The van der Waals surface area contributed by atoms with E-state index in [1.807, 2.05) is 0 Å². The van der Waals surface area contributed by atoms with E-state index >= 15 is 0 Å². The van der Waals surface area contributed by atoms with E-state index in [2.05, 4.69) is 19.6 Å². The number of aliphatic hydroxyl groups is 1. The fraction of sp³-hybridized carbons (Fsp3) is 1.00. The monoisotopic (exact) mass is 186 g/mol. The van der Waals surface area contributed by atoms with Crippen molar-refractivity contribution in [3.05, 3.63) is 0 Å². The van der Waals surface area contributed by atoms with E-state index < -0.39 is 8.07 Å². The molecule has 0 aromatic heterocycles. The third-order valence-corrected chi connectivity index (χ3v) is 4.62. The molecule has 0 aromatic rings. The van der Waals surface area contributed by atoms with Gasteiger partial charge in [0.2, 0.25) is 0 Å². The second-order valence-electron chi connectivity index (χ2n) is 5.49. The summed E-state index contributed by atoms with van der Waals surface area (Å²) in [5.74, 6) is 0. The van der Waals surface area contributed by atoms with Crippen molar-refractivity contribution in [1.29, 1.82) is 0 Å². The Kier molecular flexibility index (Phi) is 3.00. The van der Waals surface area contributed by atoms with E-state index in [0.717, 1.165) is 19.3 Å². The maximum absolute atomic E-state index is 10.1. The summed E-state index contributed by atoms with van der Waals surface area (Å²) >= 11 is 0. The van der Waals surface area contributed by atoms with Crippen LogP contribution in [0.1, 0.15) is 32.1 Å². The summed E-state index contributed by atoms with van der Waals surface area (Å²) in [6.07, 6.45) is 5.64. The molecule has 1 fully saturated rings. The van der Waals surface area contributed by atoms with Gasteiger partial charge in [0.05, 0.1) is 5.60 Å². The summed E-state index contributed by atoms with van der Waals surface area (Å²) < 4.78 is 0. The van der Waals surface area contributed by atoms with Crippen molar-refractivity contribution in [2.24, 2.45) is 0 Å². The van der Waals surface area contributed by atoms with E-state index in [1.54, 1.807) is 0 Å². The molecule has 0 heterocycles. The lowest BCUT2D eigenvalue weighted by molar-refractivity contribution is 0.0435. The Morgan fingerprint density at radius 1 is 1.17 bits per heavy atom. The van der Waals surface area contributed by atoms with Crippen LogP contribution in [-0.4, -0.2) is 18.8 Å². The van der Waals surface area contributed by atoms with Gasteiger partial charge in [0.25, 0.3) is 0 Å². The fourth-order valence-electron chi connectivity index (χ4n) is 1.89. The molecular formula is C10H22OSi. The first-order valence-electron chi connectivity index (χ1n) is 5.14.